The van der Waals surface area contributed by atoms with Gasteiger partial charge in [0.1, 0.15) is 5.75 Å². The molecule has 80 valence electrons. The smallest absolute Gasteiger partial charge is 0.143 e. The van der Waals surface area contributed by atoms with E-state index in [1.807, 2.05) is 6.07 Å². The Morgan fingerprint density at radius 2 is 2.20 bits per heavy atom. The van der Waals surface area contributed by atoms with Crippen LogP contribution in [0.1, 0.15) is 19.4 Å². The van der Waals surface area contributed by atoms with E-state index in [-0.39, 0.29) is 0 Å². The van der Waals surface area contributed by atoms with Crippen molar-refractivity contribution in [2.45, 2.75) is 13.8 Å². The van der Waals surface area contributed by atoms with Crippen molar-refractivity contribution in [3.63, 3.8) is 0 Å². The van der Waals surface area contributed by atoms with E-state index in [9.17, 15) is 0 Å². The van der Waals surface area contributed by atoms with Crippen molar-refractivity contribution in [2.75, 3.05) is 19.0 Å². The lowest BCUT2D eigenvalue weighted by atomic mass is 10.2. The molecule has 15 heavy (non-hydrogen) atoms. The van der Waals surface area contributed by atoms with Gasteiger partial charge in [0, 0.05) is 12.6 Å². The van der Waals surface area contributed by atoms with Crippen LogP contribution in [0.25, 0.3) is 0 Å². The molecule has 0 bridgehead atoms. The van der Waals surface area contributed by atoms with Crippen LogP contribution in [0.3, 0.4) is 0 Å². The molecule has 0 spiro atoms. The first kappa shape index (κ1) is 11.4. The fourth-order valence-corrected chi connectivity index (χ4v) is 1.22. The fourth-order valence-electron chi connectivity index (χ4n) is 1.22. The van der Waals surface area contributed by atoms with Crippen molar-refractivity contribution in [1.29, 1.82) is 5.26 Å². The third kappa shape index (κ3) is 3.17. The minimum atomic E-state index is 0.574. The van der Waals surface area contributed by atoms with Crippen LogP contribution in [-0.4, -0.2) is 13.7 Å². The number of nitrogens with one attached hydrogen (secondary N) is 1. The molecular formula is C12H16N2O. The van der Waals surface area contributed by atoms with Crippen LogP contribution in [0.2, 0.25) is 0 Å². The maximum atomic E-state index is 8.74. The maximum Gasteiger partial charge on any atom is 0.143 e. The molecule has 0 saturated carbocycles. The summed E-state index contributed by atoms with van der Waals surface area (Å²) in [7, 11) is 1.61. The summed E-state index contributed by atoms with van der Waals surface area (Å²) in [6, 6.07) is 7.48. The minimum absolute atomic E-state index is 0.574. The van der Waals surface area contributed by atoms with Crippen LogP contribution in [0.5, 0.6) is 5.75 Å². The highest BCUT2D eigenvalue weighted by Crippen LogP contribution is 2.25. The second-order valence-electron chi connectivity index (χ2n) is 3.80. The summed E-state index contributed by atoms with van der Waals surface area (Å²) in [6.07, 6.45) is 0. The Balaban J connectivity index is 2.84. The molecule has 0 saturated heterocycles. The van der Waals surface area contributed by atoms with Gasteiger partial charge in [-0.1, -0.05) is 13.8 Å². The molecule has 3 heteroatoms. The standard InChI is InChI=1S/C12H16N2O/c1-9(2)8-14-11-5-4-10(7-13)6-12(11)15-3/h4-6,9,14H,8H2,1-3H3. The second-order valence-corrected chi connectivity index (χ2v) is 3.80. The number of hydrogen-bond donors (Lipinski definition) is 1. The SMILES string of the molecule is COc1cc(C#N)ccc1NCC(C)C. The largest absolute Gasteiger partial charge is 0.495 e. The van der Waals surface area contributed by atoms with Crippen molar-refractivity contribution in [3.05, 3.63) is 23.8 Å². The molecule has 0 atom stereocenters. The Morgan fingerprint density at radius 3 is 2.73 bits per heavy atom. The third-order valence-corrected chi connectivity index (χ3v) is 2.03. The average molecular weight is 204 g/mol. The quantitative estimate of drug-likeness (QED) is 0.820. The molecular weight excluding hydrogens is 188 g/mol. The number of rotatable bonds is 4. The molecule has 0 unspecified atom stereocenters. The van der Waals surface area contributed by atoms with Crippen molar-refractivity contribution in [2.24, 2.45) is 5.92 Å². The monoisotopic (exact) mass is 204 g/mol. The fraction of sp³-hybridized carbons (Fsp3) is 0.417. The van der Waals surface area contributed by atoms with Gasteiger partial charge in [-0.15, -0.1) is 0 Å². The van der Waals surface area contributed by atoms with Gasteiger partial charge in [-0.25, -0.2) is 0 Å². The van der Waals surface area contributed by atoms with Crippen molar-refractivity contribution in [3.8, 4) is 11.8 Å². The van der Waals surface area contributed by atoms with Gasteiger partial charge < -0.3 is 10.1 Å². The number of hydrogen-bond acceptors (Lipinski definition) is 3. The second kappa shape index (κ2) is 5.26. The van der Waals surface area contributed by atoms with E-state index in [0.29, 0.717) is 11.5 Å². The zero-order valence-corrected chi connectivity index (χ0v) is 9.37. The minimum Gasteiger partial charge on any atom is -0.495 e. The third-order valence-electron chi connectivity index (χ3n) is 2.03. The Hall–Kier alpha value is -1.69. The molecule has 0 amide bonds. The molecule has 0 aliphatic rings. The summed E-state index contributed by atoms with van der Waals surface area (Å²) >= 11 is 0. The van der Waals surface area contributed by atoms with E-state index in [0.717, 1.165) is 18.0 Å². The molecule has 1 aromatic rings. The van der Waals surface area contributed by atoms with E-state index in [4.69, 9.17) is 10.00 Å². The molecule has 0 aromatic heterocycles. The Labute approximate surface area is 90.7 Å². The highest BCUT2D eigenvalue weighted by molar-refractivity contribution is 5.59. The number of nitrogens with zero attached hydrogens (tertiary/aromatic N) is 1. The number of ether oxygens (including phenoxy) is 1. The van der Waals surface area contributed by atoms with Gasteiger partial charge in [0.2, 0.25) is 0 Å². The van der Waals surface area contributed by atoms with Crippen LogP contribution in [0, 0.1) is 17.2 Å². The predicted octanol–water partition coefficient (Wildman–Crippen LogP) is 2.63. The van der Waals surface area contributed by atoms with Gasteiger partial charge in [0.05, 0.1) is 24.4 Å². The van der Waals surface area contributed by atoms with Gasteiger partial charge in [0.25, 0.3) is 0 Å². The Morgan fingerprint density at radius 1 is 1.47 bits per heavy atom. The topological polar surface area (TPSA) is 45.0 Å². The van der Waals surface area contributed by atoms with E-state index in [2.05, 4.69) is 25.2 Å². The van der Waals surface area contributed by atoms with Crippen LogP contribution in [0.4, 0.5) is 5.69 Å². The predicted molar refractivity (Wildman–Crippen MR) is 61.0 cm³/mol. The first-order valence-electron chi connectivity index (χ1n) is 4.99. The van der Waals surface area contributed by atoms with Crippen molar-refractivity contribution >= 4 is 5.69 Å². The lowest BCUT2D eigenvalue weighted by molar-refractivity contribution is 0.416. The normalized spacial score (nSPS) is 9.80. The molecule has 1 aromatic carbocycles. The highest BCUT2D eigenvalue weighted by Gasteiger charge is 2.04. The summed E-state index contributed by atoms with van der Waals surface area (Å²) in [4.78, 5) is 0. The lowest BCUT2D eigenvalue weighted by Crippen LogP contribution is -2.08. The summed E-state index contributed by atoms with van der Waals surface area (Å²) in [5.41, 5.74) is 1.55. The summed E-state index contributed by atoms with van der Waals surface area (Å²) in [5.74, 6) is 1.29. The molecule has 0 aliphatic heterocycles. The van der Waals surface area contributed by atoms with E-state index >= 15 is 0 Å². The number of anilines is 1. The highest BCUT2D eigenvalue weighted by atomic mass is 16.5. The molecule has 3 nitrogen and oxygen atoms in total. The van der Waals surface area contributed by atoms with Gasteiger partial charge in [-0.2, -0.15) is 5.26 Å². The molecule has 1 rings (SSSR count). The van der Waals surface area contributed by atoms with Gasteiger partial charge in [-0.3, -0.25) is 0 Å². The molecule has 0 fully saturated rings. The molecule has 1 N–H and O–H groups in total. The molecule has 0 radical (unpaired) electrons. The Bertz CT molecular complexity index is 366. The van der Waals surface area contributed by atoms with Gasteiger partial charge >= 0.3 is 0 Å². The Kier molecular flexibility index (Phi) is 3.99. The van der Waals surface area contributed by atoms with Crippen molar-refractivity contribution in [1.82, 2.24) is 0 Å². The van der Waals surface area contributed by atoms with E-state index in [1.165, 1.54) is 0 Å². The molecule has 0 heterocycles. The zero-order valence-electron chi connectivity index (χ0n) is 9.37. The van der Waals surface area contributed by atoms with Crippen LogP contribution < -0.4 is 10.1 Å². The van der Waals surface area contributed by atoms with E-state index in [1.54, 1.807) is 19.2 Å². The summed E-state index contributed by atoms with van der Waals surface area (Å²) in [6.45, 7) is 5.18. The van der Waals surface area contributed by atoms with Crippen LogP contribution >= 0.6 is 0 Å². The van der Waals surface area contributed by atoms with Gasteiger partial charge in [0.15, 0.2) is 0 Å². The zero-order chi connectivity index (χ0) is 11.3. The number of nitriles is 1. The number of methoxy groups -OCH3 is 1. The summed E-state index contributed by atoms with van der Waals surface area (Å²) < 4.78 is 5.21. The van der Waals surface area contributed by atoms with Crippen LogP contribution in [0.15, 0.2) is 18.2 Å². The van der Waals surface area contributed by atoms with E-state index < -0.39 is 0 Å². The first-order chi connectivity index (χ1) is 7.17. The molecule has 0 aliphatic carbocycles. The lowest BCUT2D eigenvalue weighted by Gasteiger charge is -2.12. The van der Waals surface area contributed by atoms with Crippen LogP contribution in [-0.2, 0) is 0 Å². The number of benzene rings is 1. The average Bonchev–Trinajstić information content (AvgIpc) is 2.25. The van der Waals surface area contributed by atoms with Crippen molar-refractivity contribution < 1.29 is 4.74 Å². The van der Waals surface area contributed by atoms with Gasteiger partial charge in [-0.05, 0) is 18.1 Å². The maximum absolute atomic E-state index is 8.74. The summed E-state index contributed by atoms with van der Waals surface area (Å²) in [5, 5.41) is 12.0. The first-order valence-corrected chi connectivity index (χ1v) is 4.99.